The van der Waals surface area contributed by atoms with Crippen molar-refractivity contribution in [1.29, 1.82) is 0 Å². The first-order valence-electron chi connectivity index (χ1n) is 6.26. The van der Waals surface area contributed by atoms with Gasteiger partial charge in [0.25, 0.3) is 0 Å². The molecule has 0 saturated carbocycles. The highest BCUT2D eigenvalue weighted by Crippen LogP contribution is 2.41. The van der Waals surface area contributed by atoms with Crippen LogP contribution in [-0.4, -0.2) is 0 Å². The molecule has 0 saturated heterocycles. The molecule has 82 valence electrons. The summed E-state index contributed by atoms with van der Waals surface area (Å²) in [5.41, 5.74) is 7.30. The SMILES string of the molecule is Cc1cc2c3c4c(cccc14)CC=C3CC=C2. The Morgan fingerprint density at radius 3 is 3.00 bits per heavy atom. The van der Waals surface area contributed by atoms with Gasteiger partial charge in [-0.2, -0.15) is 0 Å². The summed E-state index contributed by atoms with van der Waals surface area (Å²) in [6.07, 6.45) is 9.16. The van der Waals surface area contributed by atoms with Crippen molar-refractivity contribution in [3.05, 3.63) is 58.7 Å². The van der Waals surface area contributed by atoms with Crippen molar-refractivity contribution in [3.8, 4) is 0 Å². The van der Waals surface area contributed by atoms with Crippen LogP contribution in [0.25, 0.3) is 22.4 Å². The molecule has 4 rings (SSSR count). The van der Waals surface area contributed by atoms with E-state index in [0.717, 1.165) is 12.8 Å². The lowest BCUT2D eigenvalue weighted by Crippen LogP contribution is -2.03. The molecule has 2 aliphatic carbocycles. The predicted molar refractivity (Wildman–Crippen MR) is 74.0 cm³/mol. The highest BCUT2D eigenvalue weighted by Gasteiger charge is 2.19. The van der Waals surface area contributed by atoms with Gasteiger partial charge in [-0.15, -0.1) is 0 Å². The minimum absolute atomic E-state index is 1.09. The summed E-state index contributed by atoms with van der Waals surface area (Å²) in [4.78, 5) is 0. The molecule has 0 aromatic heterocycles. The number of hydrogen-bond acceptors (Lipinski definition) is 0. The highest BCUT2D eigenvalue weighted by atomic mass is 14.2. The summed E-state index contributed by atoms with van der Waals surface area (Å²) >= 11 is 0. The van der Waals surface area contributed by atoms with Gasteiger partial charge in [0.1, 0.15) is 0 Å². The van der Waals surface area contributed by atoms with Crippen LogP contribution in [0.15, 0.2) is 36.4 Å². The van der Waals surface area contributed by atoms with E-state index < -0.39 is 0 Å². The summed E-state index contributed by atoms with van der Waals surface area (Å²) in [5, 5.41) is 2.94. The van der Waals surface area contributed by atoms with Gasteiger partial charge in [0, 0.05) is 0 Å². The van der Waals surface area contributed by atoms with E-state index in [1.165, 1.54) is 38.6 Å². The van der Waals surface area contributed by atoms with E-state index >= 15 is 0 Å². The molecule has 0 bridgehead atoms. The van der Waals surface area contributed by atoms with Crippen molar-refractivity contribution in [2.45, 2.75) is 19.8 Å². The molecule has 0 atom stereocenters. The molecule has 0 unspecified atom stereocenters. The molecule has 0 N–H and O–H groups in total. The van der Waals surface area contributed by atoms with E-state index in [-0.39, 0.29) is 0 Å². The van der Waals surface area contributed by atoms with Crippen LogP contribution < -0.4 is 0 Å². The molecule has 2 aromatic rings. The Morgan fingerprint density at radius 1 is 1.12 bits per heavy atom. The van der Waals surface area contributed by atoms with Crippen molar-refractivity contribution in [2.75, 3.05) is 0 Å². The van der Waals surface area contributed by atoms with Crippen LogP contribution in [0.4, 0.5) is 0 Å². The second kappa shape index (κ2) is 3.10. The van der Waals surface area contributed by atoms with Gasteiger partial charge < -0.3 is 0 Å². The smallest absolute Gasteiger partial charge is 0.00647 e. The predicted octanol–water partition coefficient (Wildman–Crippen LogP) is 4.50. The van der Waals surface area contributed by atoms with Crippen LogP contribution in [0.1, 0.15) is 28.7 Å². The maximum atomic E-state index is 2.40. The quantitative estimate of drug-likeness (QED) is 0.610. The third kappa shape index (κ3) is 1.13. The number of benzene rings is 2. The van der Waals surface area contributed by atoms with Gasteiger partial charge >= 0.3 is 0 Å². The summed E-state index contributed by atoms with van der Waals surface area (Å²) in [6, 6.07) is 9.05. The molecule has 0 amide bonds. The van der Waals surface area contributed by atoms with E-state index in [2.05, 4.69) is 49.4 Å². The fraction of sp³-hybridized carbons (Fsp3) is 0.176. The van der Waals surface area contributed by atoms with Gasteiger partial charge in [-0.05, 0) is 58.4 Å². The Kier molecular flexibility index (Phi) is 1.69. The third-order valence-corrected chi connectivity index (χ3v) is 4.01. The van der Waals surface area contributed by atoms with Crippen molar-refractivity contribution >= 4 is 22.4 Å². The monoisotopic (exact) mass is 218 g/mol. The van der Waals surface area contributed by atoms with E-state index in [1.807, 2.05) is 0 Å². The fourth-order valence-corrected chi connectivity index (χ4v) is 3.23. The Morgan fingerprint density at radius 2 is 2.06 bits per heavy atom. The van der Waals surface area contributed by atoms with Crippen molar-refractivity contribution in [3.63, 3.8) is 0 Å². The first-order chi connectivity index (χ1) is 8.34. The second-order valence-corrected chi connectivity index (χ2v) is 5.04. The van der Waals surface area contributed by atoms with Crippen molar-refractivity contribution in [2.24, 2.45) is 0 Å². The van der Waals surface area contributed by atoms with Crippen LogP contribution in [0, 0.1) is 6.92 Å². The topological polar surface area (TPSA) is 0 Å². The molecular formula is C17H14. The Bertz CT molecular complexity index is 700. The zero-order valence-electron chi connectivity index (χ0n) is 9.96. The first-order valence-corrected chi connectivity index (χ1v) is 6.26. The summed E-state index contributed by atoms with van der Waals surface area (Å²) in [7, 11) is 0. The maximum absolute atomic E-state index is 2.40. The normalized spacial score (nSPS) is 16.2. The average Bonchev–Trinajstić information content (AvgIpc) is 2.37. The van der Waals surface area contributed by atoms with Gasteiger partial charge in [0.05, 0.1) is 0 Å². The lowest BCUT2D eigenvalue weighted by molar-refractivity contribution is 1.22. The summed E-state index contributed by atoms with van der Waals surface area (Å²) < 4.78 is 0. The standard InChI is InChI=1S/C17H14/c1-11-10-14-6-2-4-12-8-9-13-5-3-7-15(11)17(13)16(12)14/h2-3,5-8,10H,4,9H2,1H3. The number of rotatable bonds is 0. The van der Waals surface area contributed by atoms with Crippen molar-refractivity contribution in [1.82, 2.24) is 0 Å². The van der Waals surface area contributed by atoms with Gasteiger partial charge in [-0.3, -0.25) is 0 Å². The molecule has 0 radical (unpaired) electrons. The van der Waals surface area contributed by atoms with E-state index in [9.17, 15) is 0 Å². The van der Waals surface area contributed by atoms with Crippen LogP contribution in [0.5, 0.6) is 0 Å². The zero-order chi connectivity index (χ0) is 11.4. The Balaban J connectivity index is 2.29. The molecule has 0 nitrogen and oxygen atoms in total. The number of aryl methyl sites for hydroxylation is 1. The first kappa shape index (κ1) is 9.23. The van der Waals surface area contributed by atoms with E-state index in [0.29, 0.717) is 0 Å². The van der Waals surface area contributed by atoms with Crippen LogP contribution in [0.2, 0.25) is 0 Å². The third-order valence-electron chi connectivity index (χ3n) is 4.01. The van der Waals surface area contributed by atoms with Crippen LogP contribution in [0.3, 0.4) is 0 Å². The van der Waals surface area contributed by atoms with Gasteiger partial charge in [-0.25, -0.2) is 0 Å². The van der Waals surface area contributed by atoms with E-state index in [1.54, 1.807) is 0 Å². The number of allylic oxidation sites excluding steroid dienone is 3. The van der Waals surface area contributed by atoms with Gasteiger partial charge in [-0.1, -0.05) is 42.5 Å². The Hall–Kier alpha value is -1.82. The highest BCUT2D eigenvalue weighted by molar-refractivity contribution is 6.03. The summed E-state index contributed by atoms with van der Waals surface area (Å²) in [6.45, 7) is 2.22. The van der Waals surface area contributed by atoms with Crippen LogP contribution in [-0.2, 0) is 6.42 Å². The van der Waals surface area contributed by atoms with Gasteiger partial charge in [0.15, 0.2) is 0 Å². The maximum Gasteiger partial charge on any atom is -0.00647 e. The van der Waals surface area contributed by atoms with Crippen molar-refractivity contribution < 1.29 is 0 Å². The second-order valence-electron chi connectivity index (χ2n) is 5.04. The molecule has 0 heterocycles. The molecule has 0 spiro atoms. The lowest BCUT2D eigenvalue weighted by Gasteiger charge is -2.24. The van der Waals surface area contributed by atoms with Crippen LogP contribution >= 0.6 is 0 Å². The summed E-state index contributed by atoms with van der Waals surface area (Å²) in [5.74, 6) is 0. The lowest BCUT2D eigenvalue weighted by atomic mass is 9.80. The molecular weight excluding hydrogens is 204 g/mol. The molecule has 17 heavy (non-hydrogen) atoms. The largest absolute Gasteiger partial charge is 0.0795 e. The molecule has 2 aromatic carbocycles. The Labute approximate surface area is 101 Å². The molecule has 0 aliphatic heterocycles. The van der Waals surface area contributed by atoms with Gasteiger partial charge in [0.2, 0.25) is 0 Å². The molecule has 0 fully saturated rings. The molecule has 0 heteroatoms. The van der Waals surface area contributed by atoms with E-state index in [4.69, 9.17) is 0 Å². The average molecular weight is 218 g/mol. The minimum atomic E-state index is 1.09. The number of hydrogen-bond donors (Lipinski definition) is 0. The minimum Gasteiger partial charge on any atom is -0.0795 e. The fourth-order valence-electron chi connectivity index (χ4n) is 3.23. The molecule has 2 aliphatic rings. The zero-order valence-corrected chi connectivity index (χ0v) is 9.96.